The molecule has 164 valence electrons. The molecule has 1 unspecified atom stereocenters. The SMILES string of the molecule is Cc1nc(C(C)(C)C)[nH]c(=O)c1C(=O)NCC(c1ccccc1)c1c[nH]c2ccccc12. The molecule has 4 aromatic rings. The molecule has 0 saturated heterocycles. The number of aryl methyl sites for hydroxylation is 1. The Morgan fingerprint density at radius 1 is 1.06 bits per heavy atom. The number of benzene rings is 2. The van der Waals surface area contributed by atoms with Gasteiger partial charge in [0.15, 0.2) is 0 Å². The number of amides is 1. The Bertz CT molecular complexity index is 1310. The summed E-state index contributed by atoms with van der Waals surface area (Å²) in [5.41, 5.74) is 2.99. The first kappa shape index (κ1) is 21.6. The average Bonchev–Trinajstić information content (AvgIpc) is 3.17. The third-order valence-electron chi connectivity index (χ3n) is 5.70. The molecule has 0 fully saturated rings. The second kappa shape index (κ2) is 8.46. The van der Waals surface area contributed by atoms with Crippen LogP contribution in [-0.2, 0) is 5.41 Å². The first-order valence-electron chi connectivity index (χ1n) is 10.8. The van der Waals surface area contributed by atoms with Crippen LogP contribution in [0.25, 0.3) is 10.9 Å². The molecule has 0 saturated carbocycles. The van der Waals surface area contributed by atoms with Crippen LogP contribution in [0.4, 0.5) is 0 Å². The lowest BCUT2D eigenvalue weighted by molar-refractivity contribution is 0.0949. The number of aromatic nitrogens is 3. The molecule has 6 heteroatoms. The summed E-state index contributed by atoms with van der Waals surface area (Å²) in [5.74, 6) is 0.0764. The van der Waals surface area contributed by atoms with E-state index in [1.54, 1.807) is 6.92 Å². The van der Waals surface area contributed by atoms with Crippen molar-refractivity contribution in [2.45, 2.75) is 39.0 Å². The van der Waals surface area contributed by atoms with Gasteiger partial charge in [-0.15, -0.1) is 0 Å². The lowest BCUT2D eigenvalue weighted by Gasteiger charge is -2.20. The second-order valence-electron chi connectivity index (χ2n) is 9.09. The molecule has 2 aromatic heterocycles. The zero-order valence-corrected chi connectivity index (χ0v) is 18.8. The molecule has 32 heavy (non-hydrogen) atoms. The zero-order chi connectivity index (χ0) is 22.9. The Morgan fingerprint density at radius 3 is 2.44 bits per heavy atom. The zero-order valence-electron chi connectivity index (χ0n) is 18.8. The van der Waals surface area contributed by atoms with Gasteiger partial charge in [-0.05, 0) is 24.1 Å². The predicted octanol–water partition coefficient (Wildman–Crippen LogP) is 4.42. The Labute approximate surface area is 187 Å². The van der Waals surface area contributed by atoms with Crippen LogP contribution in [0.1, 0.15) is 59.7 Å². The summed E-state index contributed by atoms with van der Waals surface area (Å²) >= 11 is 0. The third kappa shape index (κ3) is 4.21. The van der Waals surface area contributed by atoms with Gasteiger partial charge in [0.1, 0.15) is 11.4 Å². The quantitative estimate of drug-likeness (QED) is 0.439. The molecular formula is C26H28N4O2. The van der Waals surface area contributed by atoms with Gasteiger partial charge >= 0.3 is 0 Å². The average molecular weight is 429 g/mol. The number of para-hydroxylation sites is 1. The number of nitrogens with one attached hydrogen (secondary N) is 3. The summed E-state index contributed by atoms with van der Waals surface area (Å²) in [6.45, 7) is 7.96. The van der Waals surface area contributed by atoms with Crippen molar-refractivity contribution in [2.24, 2.45) is 0 Å². The van der Waals surface area contributed by atoms with Crippen molar-refractivity contribution < 1.29 is 4.79 Å². The minimum Gasteiger partial charge on any atom is -0.361 e. The molecule has 1 atom stereocenters. The highest BCUT2D eigenvalue weighted by atomic mass is 16.2. The number of rotatable bonds is 5. The van der Waals surface area contributed by atoms with E-state index in [0.29, 0.717) is 18.1 Å². The molecule has 2 heterocycles. The Kier molecular flexibility index (Phi) is 5.70. The van der Waals surface area contributed by atoms with Crippen molar-refractivity contribution in [2.75, 3.05) is 6.54 Å². The van der Waals surface area contributed by atoms with Crippen molar-refractivity contribution in [3.05, 3.63) is 99.4 Å². The molecule has 2 aromatic carbocycles. The fraction of sp³-hybridized carbons (Fsp3) is 0.269. The van der Waals surface area contributed by atoms with Gasteiger partial charge in [0, 0.05) is 35.0 Å². The molecule has 6 nitrogen and oxygen atoms in total. The minimum atomic E-state index is -0.419. The van der Waals surface area contributed by atoms with Crippen LogP contribution in [0.15, 0.2) is 65.6 Å². The molecular weight excluding hydrogens is 400 g/mol. The summed E-state index contributed by atoms with van der Waals surface area (Å²) < 4.78 is 0. The molecule has 0 aliphatic rings. The lowest BCUT2D eigenvalue weighted by atomic mass is 9.91. The van der Waals surface area contributed by atoms with Gasteiger partial charge in [0.05, 0.1) is 5.69 Å². The van der Waals surface area contributed by atoms with E-state index in [0.717, 1.165) is 22.0 Å². The molecule has 0 radical (unpaired) electrons. The van der Waals surface area contributed by atoms with E-state index in [-0.39, 0.29) is 16.9 Å². The molecule has 0 aliphatic heterocycles. The molecule has 3 N–H and O–H groups in total. The topological polar surface area (TPSA) is 90.6 Å². The monoisotopic (exact) mass is 428 g/mol. The number of hydrogen-bond donors (Lipinski definition) is 3. The maximum atomic E-state index is 13.0. The number of nitrogens with zero attached hydrogens (tertiary/aromatic N) is 1. The summed E-state index contributed by atoms with van der Waals surface area (Å²) in [4.78, 5) is 36.3. The van der Waals surface area contributed by atoms with Gasteiger partial charge in [-0.3, -0.25) is 9.59 Å². The van der Waals surface area contributed by atoms with Crippen LogP contribution in [0.3, 0.4) is 0 Å². The Hall–Kier alpha value is -3.67. The van der Waals surface area contributed by atoms with Crippen LogP contribution in [0, 0.1) is 6.92 Å². The molecule has 0 spiro atoms. The Morgan fingerprint density at radius 2 is 1.75 bits per heavy atom. The fourth-order valence-corrected chi connectivity index (χ4v) is 3.97. The first-order valence-corrected chi connectivity index (χ1v) is 10.8. The molecule has 0 aliphatic carbocycles. The molecule has 1 amide bonds. The van der Waals surface area contributed by atoms with E-state index in [2.05, 4.69) is 38.5 Å². The van der Waals surface area contributed by atoms with Crippen molar-refractivity contribution >= 4 is 16.8 Å². The molecule has 0 bridgehead atoms. The van der Waals surface area contributed by atoms with Gasteiger partial charge < -0.3 is 15.3 Å². The highest BCUT2D eigenvalue weighted by molar-refractivity contribution is 5.95. The van der Waals surface area contributed by atoms with Crippen molar-refractivity contribution in [1.29, 1.82) is 0 Å². The number of carbonyl (C=O) groups excluding carboxylic acids is 1. The second-order valence-corrected chi connectivity index (χ2v) is 9.09. The van der Waals surface area contributed by atoms with E-state index in [1.807, 2.05) is 63.4 Å². The summed E-state index contributed by atoms with van der Waals surface area (Å²) in [6, 6.07) is 18.2. The number of hydrogen-bond acceptors (Lipinski definition) is 3. The predicted molar refractivity (Wildman–Crippen MR) is 127 cm³/mol. The summed E-state index contributed by atoms with van der Waals surface area (Å²) in [7, 11) is 0. The van der Waals surface area contributed by atoms with E-state index in [9.17, 15) is 9.59 Å². The van der Waals surface area contributed by atoms with Crippen LogP contribution in [-0.4, -0.2) is 27.4 Å². The van der Waals surface area contributed by atoms with Crippen LogP contribution in [0.5, 0.6) is 0 Å². The minimum absolute atomic E-state index is 0.0590. The van der Waals surface area contributed by atoms with Gasteiger partial charge in [-0.1, -0.05) is 69.3 Å². The maximum absolute atomic E-state index is 13.0. The first-order chi connectivity index (χ1) is 15.3. The van der Waals surface area contributed by atoms with E-state index in [4.69, 9.17) is 0 Å². The third-order valence-corrected chi connectivity index (χ3v) is 5.70. The largest absolute Gasteiger partial charge is 0.361 e. The van der Waals surface area contributed by atoms with Crippen LogP contribution < -0.4 is 10.9 Å². The van der Waals surface area contributed by atoms with Gasteiger partial charge in [0.2, 0.25) is 0 Å². The van der Waals surface area contributed by atoms with Crippen LogP contribution >= 0.6 is 0 Å². The van der Waals surface area contributed by atoms with Gasteiger partial charge in [-0.25, -0.2) is 4.98 Å². The number of carbonyl (C=O) groups is 1. The molecule has 4 rings (SSSR count). The standard InChI is InChI=1S/C26H28N4O2/c1-16-22(24(32)30-25(29-16)26(2,3)4)23(31)28-14-19(17-10-6-5-7-11-17)20-15-27-21-13-9-8-12-18(20)21/h5-13,15,19,27H,14H2,1-4H3,(H,28,31)(H,29,30,32). The smallest absolute Gasteiger partial charge is 0.264 e. The van der Waals surface area contributed by atoms with Gasteiger partial charge in [-0.2, -0.15) is 0 Å². The highest BCUT2D eigenvalue weighted by Crippen LogP contribution is 2.30. The van der Waals surface area contributed by atoms with Crippen molar-refractivity contribution in [3.63, 3.8) is 0 Å². The maximum Gasteiger partial charge on any atom is 0.264 e. The van der Waals surface area contributed by atoms with E-state index in [1.165, 1.54) is 0 Å². The lowest BCUT2D eigenvalue weighted by Crippen LogP contribution is -2.35. The summed E-state index contributed by atoms with van der Waals surface area (Å²) in [5, 5.41) is 4.09. The number of aromatic amines is 2. The van der Waals surface area contributed by atoms with Crippen LogP contribution in [0.2, 0.25) is 0 Å². The van der Waals surface area contributed by atoms with Crippen molar-refractivity contribution in [3.8, 4) is 0 Å². The van der Waals surface area contributed by atoms with E-state index >= 15 is 0 Å². The van der Waals surface area contributed by atoms with Gasteiger partial charge in [0.25, 0.3) is 11.5 Å². The summed E-state index contributed by atoms with van der Waals surface area (Å²) in [6.07, 6.45) is 1.99. The fourth-order valence-electron chi connectivity index (χ4n) is 3.97. The number of fused-ring (bicyclic) bond motifs is 1. The van der Waals surface area contributed by atoms with Crippen molar-refractivity contribution in [1.82, 2.24) is 20.3 Å². The number of H-pyrrole nitrogens is 2. The van der Waals surface area contributed by atoms with E-state index < -0.39 is 11.5 Å². The normalized spacial score (nSPS) is 12.6. The highest BCUT2D eigenvalue weighted by Gasteiger charge is 2.24. The Balaban J connectivity index is 1.65.